The molecule has 2 aromatic carbocycles. The Bertz CT molecular complexity index is 1390. The van der Waals surface area contributed by atoms with E-state index in [1.165, 1.54) is 16.2 Å². The number of hydrogen-bond acceptors (Lipinski definition) is 6. The van der Waals surface area contributed by atoms with Crippen LogP contribution in [0.4, 0.5) is 5.69 Å². The van der Waals surface area contributed by atoms with Gasteiger partial charge in [0.05, 0.1) is 16.4 Å². The number of carbonyl (C=O) groups excluding carboxylic acids is 3. The van der Waals surface area contributed by atoms with Gasteiger partial charge in [-0.15, -0.1) is 11.3 Å². The SMILES string of the molecule is Cc1nn(-c2ccccc2Cl)c2sc(C(=O)OCC(=O)Nc3ccc(C(=O)N(C)C)cc3)cc12. The maximum Gasteiger partial charge on any atom is 0.348 e. The van der Waals surface area contributed by atoms with E-state index >= 15 is 0 Å². The van der Waals surface area contributed by atoms with E-state index in [0.717, 1.165) is 15.9 Å². The predicted molar refractivity (Wildman–Crippen MR) is 132 cm³/mol. The normalized spacial score (nSPS) is 10.8. The molecule has 0 aliphatic rings. The van der Waals surface area contributed by atoms with Gasteiger partial charge < -0.3 is 15.0 Å². The van der Waals surface area contributed by atoms with E-state index in [-0.39, 0.29) is 5.91 Å². The van der Waals surface area contributed by atoms with Crippen LogP contribution in [0.25, 0.3) is 15.9 Å². The number of esters is 1. The standard InChI is InChI=1S/C24H21ClN4O4S/c1-14-17-12-20(34-23(17)29(27-14)19-7-5-4-6-18(19)25)24(32)33-13-21(30)26-16-10-8-15(9-11-16)22(31)28(2)3/h4-12H,13H2,1-3H3,(H,26,30). The van der Waals surface area contributed by atoms with Crippen LogP contribution in [0.15, 0.2) is 54.6 Å². The Morgan fingerprint density at radius 1 is 1.12 bits per heavy atom. The van der Waals surface area contributed by atoms with Gasteiger partial charge in [-0.1, -0.05) is 23.7 Å². The summed E-state index contributed by atoms with van der Waals surface area (Å²) in [6.07, 6.45) is 0. The number of aromatic nitrogens is 2. The molecule has 0 atom stereocenters. The minimum absolute atomic E-state index is 0.136. The number of hydrogen-bond donors (Lipinski definition) is 1. The van der Waals surface area contributed by atoms with E-state index in [1.807, 2.05) is 25.1 Å². The summed E-state index contributed by atoms with van der Waals surface area (Å²) in [6.45, 7) is 1.41. The fourth-order valence-corrected chi connectivity index (χ4v) is 4.57. The number of para-hydroxylation sites is 1. The van der Waals surface area contributed by atoms with Crippen molar-refractivity contribution in [3.05, 3.63) is 75.8 Å². The van der Waals surface area contributed by atoms with Gasteiger partial charge >= 0.3 is 5.97 Å². The number of fused-ring (bicyclic) bond motifs is 1. The van der Waals surface area contributed by atoms with E-state index in [9.17, 15) is 14.4 Å². The average molecular weight is 497 g/mol. The van der Waals surface area contributed by atoms with Crippen LogP contribution in [0, 0.1) is 6.92 Å². The first kappa shape index (κ1) is 23.5. The summed E-state index contributed by atoms with van der Waals surface area (Å²) in [5, 5.41) is 8.53. The average Bonchev–Trinajstić information content (AvgIpc) is 3.38. The highest BCUT2D eigenvalue weighted by molar-refractivity contribution is 7.20. The minimum Gasteiger partial charge on any atom is -0.451 e. The Balaban J connectivity index is 1.42. The van der Waals surface area contributed by atoms with Crippen molar-refractivity contribution >= 4 is 56.6 Å². The first-order chi connectivity index (χ1) is 16.2. The molecule has 0 saturated carbocycles. The number of halogens is 1. The van der Waals surface area contributed by atoms with Gasteiger partial charge in [-0.3, -0.25) is 9.59 Å². The number of thiophene rings is 1. The zero-order valence-electron chi connectivity index (χ0n) is 18.7. The molecule has 0 radical (unpaired) electrons. The van der Waals surface area contributed by atoms with E-state index in [4.69, 9.17) is 16.3 Å². The van der Waals surface area contributed by atoms with Gasteiger partial charge in [0.15, 0.2) is 6.61 Å². The molecule has 8 nitrogen and oxygen atoms in total. The number of aryl methyl sites for hydroxylation is 1. The van der Waals surface area contributed by atoms with Crippen molar-refractivity contribution in [2.24, 2.45) is 0 Å². The second kappa shape index (κ2) is 9.66. The maximum atomic E-state index is 12.6. The number of rotatable bonds is 6. The summed E-state index contributed by atoms with van der Waals surface area (Å²) < 4.78 is 6.91. The number of ether oxygens (including phenoxy) is 1. The molecule has 34 heavy (non-hydrogen) atoms. The number of carbonyl (C=O) groups is 3. The third kappa shape index (κ3) is 4.80. The highest BCUT2D eigenvalue weighted by Gasteiger charge is 2.20. The highest BCUT2D eigenvalue weighted by atomic mass is 35.5. The largest absolute Gasteiger partial charge is 0.451 e. The van der Waals surface area contributed by atoms with E-state index < -0.39 is 18.5 Å². The Hall–Kier alpha value is -3.69. The first-order valence-corrected chi connectivity index (χ1v) is 11.5. The van der Waals surface area contributed by atoms with Crippen LogP contribution >= 0.6 is 22.9 Å². The zero-order valence-corrected chi connectivity index (χ0v) is 20.2. The van der Waals surface area contributed by atoms with Gasteiger partial charge in [0.1, 0.15) is 9.71 Å². The summed E-state index contributed by atoms with van der Waals surface area (Å²) >= 11 is 7.53. The molecule has 2 amide bonds. The smallest absolute Gasteiger partial charge is 0.348 e. The lowest BCUT2D eigenvalue weighted by atomic mass is 10.2. The topological polar surface area (TPSA) is 93.5 Å². The van der Waals surface area contributed by atoms with Crippen LogP contribution in [0.2, 0.25) is 5.02 Å². The second-order valence-corrected chi connectivity index (χ2v) is 9.12. The lowest BCUT2D eigenvalue weighted by molar-refractivity contribution is -0.119. The van der Waals surface area contributed by atoms with Crippen molar-refractivity contribution in [3.63, 3.8) is 0 Å². The second-order valence-electron chi connectivity index (χ2n) is 7.68. The number of amides is 2. The molecule has 2 aromatic heterocycles. The van der Waals surface area contributed by atoms with Gasteiger partial charge in [0, 0.05) is 30.7 Å². The Kier molecular flexibility index (Phi) is 6.67. The van der Waals surface area contributed by atoms with Gasteiger partial charge in [-0.25, -0.2) is 9.48 Å². The summed E-state index contributed by atoms with van der Waals surface area (Å²) in [6, 6.07) is 15.5. The molecule has 0 fully saturated rings. The van der Waals surface area contributed by atoms with Gasteiger partial charge in [-0.2, -0.15) is 5.10 Å². The van der Waals surface area contributed by atoms with Crippen LogP contribution in [0.3, 0.4) is 0 Å². The van der Waals surface area contributed by atoms with Crippen molar-refractivity contribution in [1.82, 2.24) is 14.7 Å². The first-order valence-electron chi connectivity index (χ1n) is 10.3. The highest BCUT2D eigenvalue weighted by Crippen LogP contribution is 2.32. The molecule has 2 heterocycles. The molecule has 174 valence electrons. The van der Waals surface area contributed by atoms with Crippen LogP contribution < -0.4 is 5.32 Å². The Morgan fingerprint density at radius 2 is 1.82 bits per heavy atom. The fourth-order valence-electron chi connectivity index (χ4n) is 3.29. The summed E-state index contributed by atoms with van der Waals surface area (Å²) in [5.74, 6) is -1.23. The third-order valence-corrected chi connectivity index (χ3v) is 6.39. The minimum atomic E-state index is -0.603. The van der Waals surface area contributed by atoms with Crippen LogP contribution in [-0.4, -0.2) is 53.2 Å². The summed E-state index contributed by atoms with van der Waals surface area (Å²) in [7, 11) is 3.33. The number of benzene rings is 2. The van der Waals surface area contributed by atoms with Crippen molar-refractivity contribution < 1.29 is 19.1 Å². The summed E-state index contributed by atoms with van der Waals surface area (Å²) in [4.78, 5) is 39.4. The van der Waals surface area contributed by atoms with Crippen molar-refractivity contribution in [1.29, 1.82) is 0 Å². The maximum absolute atomic E-state index is 12.6. The zero-order chi connectivity index (χ0) is 24.4. The predicted octanol–water partition coefficient (Wildman–Crippen LogP) is 4.55. The molecule has 4 rings (SSSR count). The molecule has 0 aliphatic carbocycles. The van der Waals surface area contributed by atoms with Gasteiger partial charge in [-0.05, 0) is 49.4 Å². The summed E-state index contributed by atoms with van der Waals surface area (Å²) in [5.41, 5.74) is 2.46. The molecular weight excluding hydrogens is 476 g/mol. The van der Waals surface area contributed by atoms with Gasteiger partial charge in [0.2, 0.25) is 0 Å². The number of nitrogens with one attached hydrogen (secondary N) is 1. The van der Waals surface area contributed by atoms with E-state index in [1.54, 1.807) is 55.2 Å². The lowest BCUT2D eigenvalue weighted by Gasteiger charge is -2.11. The number of nitrogens with zero attached hydrogens (tertiary/aromatic N) is 3. The molecule has 1 N–H and O–H groups in total. The van der Waals surface area contributed by atoms with Crippen LogP contribution in [-0.2, 0) is 9.53 Å². The molecule has 0 aliphatic heterocycles. The molecule has 4 aromatic rings. The Labute approximate surface area is 204 Å². The molecule has 0 spiro atoms. The van der Waals surface area contributed by atoms with Gasteiger partial charge in [0.25, 0.3) is 11.8 Å². The quantitative estimate of drug-likeness (QED) is 0.395. The molecule has 0 bridgehead atoms. The lowest BCUT2D eigenvalue weighted by Crippen LogP contribution is -2.22. The molecule has 0 unspecified atom stereocenters. The van der Waals surface area contributed by atoms with Crippen LogP contribution in [0.1, 0.15) is 25.7 Å². The number of anilines is 1. The monoisotopic (exact) mass is 496 g/mol. The van der Waals surface area contributed by atoms with Crippen molar-refractivity contribution in [2.75, 3.05) is 26.0 Å². The molecular formula is C24H21ClN4O4S. The fraction of sp³-hybridized carbons (Fsp3) is 0.167. The molecule has 10 heteroatoms. The van der Waals surface area contributed by atoms with Crippen molar-refractivity contribution in [3.8, 4) is 5.69 Å². The Morgan fingerprint density at radius 3 is 2.50 bits per heavy atom. The molecule has 0 saturated heterocycles. The van der Waals surface area contributed by atoms with Crippen LogP contribution in [0.5, 0.6) is 0 Å². The van der Waals surface area contributed by atoms with Crippen molar-refractivity contribution in [2.45, 2.75) is 6.92 Å². The third-order valence-electron chi connectivity index (χ3n) is 4.98. The van der Waals surface area contributed by atoms with E-state index in [2.05, 4.69) is 10.4 Å². The van der Waals surface area contributed by atoms with E-state index in [0.29, 0.717) is 26.8 Å².